The number of fused-ring (bicyclic) bond motifs is 1. The van der Waals surface area contributed by atoms with E-state index in [2.05, 4.69) is 0 Å². The van der Waals surface area contributed by atoms with Gasteiger partial charge in [-0.2, -0.15) is 0 Å². The monoisotopic (exact) mass is 443 g/mol. The summed E-state index contributed by atoms with van der Waals surface area (Å²) in [5, 5.41) is -0.374. The van der Waals surface area contributed by atoms with Crippen molar-refractivity contribution in [1.29, 1.82) is 0 Å². The van der Waals surface area contributed by atoms with Gasteiger partial charge in [0.2, 0.25) is 0 Å². The topological polar surface area (TPSA) is 63.7 Å². The molecule has 1 fully saturated rings. The van der Waals surface area contributed by atoms with Crippen LogP contribution in [0, 0.1) is 5.92 Å². The predicted octanol–water partition coefficient (Wildman–Crippen LogP) is 5.16. The van der Waals surface area contributed by atoms with Crippen molar-refractivity contribution in [3.05, 3.63) is 67.1 Å². The van der Waals surface area contributed by atoms with Gasteiger partial charge in [-0.1, -0.05) is 81.8 Å². The molecule has 2 aromatic rings. The van der Waals surface area contributed by atoms with Crippen LogP contribution in [0.1, 0.15) is 38.6 Å². The molecule has 1 aliphatic carbocycles. The lowest BCUT2D eigenvalue weighted by atomic mass is 10.1. The van der Waals surface area contributed by atoms with Crippen molar-refractivity contribution in [2.75, 3.05) is 0 Å². The number of imide groups is 1. The summed E-state index contributed by atoms with van der Waals surface area (Å²) in [5.41, 5.74) is 0.528. The minimum atomic E-state index is -0.911. The molecule has 27 heavy (non-hydrogen) atoms. The first-order valence-corrected chi connectivity index (χ1v) is 9.35. The number of rotatable bonds is 3. The zero-order valence-electron chi connectivity index (χ0n) is 13.3. The maximum atomic E-state index is 12.6. The van der Waals surface area contributed by atoms with Gasteiger partial charge in [0.25, 0.3) is 11.8 Å². The van der Waals surface area contributed by atoms with Crippen molar-refractivity contribution >= 4 is 64.2 Å². The molecule has 1 saturated carbocycles. The average molecular weight is 445 g/mol. The molecule has 0 aromatic heterocycles. The van der Waals surface area contributed by atoms with Crippen LogP contribution in [0.4, 0.5) is 0 Å². The number of amides is 2. The Morgan fingerprint density at radius 1 is 0.889 bits per heavy atom. The predicted molar refractivity (Wildman–Crippen MR) is 100 cm³/mol. The lowest BCUT2D eigenvalue weighted by molar-refractivity contribution is -0.170. The first-order valence-electron chi connectivity index (χ1n) is 7.84. The summed E-state index contributed by atoms with van der Waals surface area (Å²) in [6.07, 6.45) is 0.575. The first kappa shape index (κ1) is 18.6. The Morgan fingerprint density at radius 2 is 1.41 bits per heavy atom. The van der Waals surface area contributed by atoms with Crippen molar-refractivity contribution in [1.82, 2.24) is 5.06 Å². The maximum absolute atomic E-state index is 12.6. The molecular weight excluding hydrogens is 436 g/mol. The number of nitrogens with zero attached hydrogens (tertiary/aromatic N) is 1. The molecule has 1 aliphatic heterocycles. The fourth-order valence-electron chi connectivity index (χ4n) is 3.09. The summed E-state index contributed by atoms with van der Waals surface area (Å²) in [6.45, 7) is 0. The van der Waals surface area contributed by atoms with E-state index < -0.39 is 23.7 Å². The highest BCUT2D eigenvalue weighted by molar-refractivity contribution is 6.55. The number of benzene rings is 2. The smallest absolute Gasteiger partial charge is 0.329 e. The Bertz CT molecular complexity index is 961. The number of hydrogen-bond donors (Lipinski definition) is 0. The summed E-state index contributed by atoms with van der Waals surface area (Å²) in [6, 6.07) is 9.43. The van der Waals surface area contributed by atoms with Gasteiger partial charge in [-0.15, -0.1) is 0 Å². The Labute approximate surface area is 173 Å². The Kier molecular flexibility index (Phi) is 4.59. The van der Waals surface area contributed by atoms with E-state index in [4.69, 9.17) is 51.2 Å². The second-order valence-corrected chi connectivity index (χ2v) is 7.69. The molecule has 0 saturated heterocycles. The molecule has 4 rings (SSSR count). The van der Waals surface area contributed by atoms with E-state index in [9.17, 15) is 14.4 Å². The van der Waals surface area contributed by atoms with E-state index in [1.54, 1.807) is 0 Å². The third-order valence-electron chi connectivity index (χ3n) is 4.57. The first-order chi connectivity index (χ1) is 12.8. The molecule has 9 heteroatoms. The van der Waals surface area contributed by atoms with Gasteiger partial charge in [0.15, 0.2) is 0 Å². The zero-order chi connectivity index (χ0) is 19.5. The molecule has 2 aromatic carbocycles. The van der Waals surface area contributed by atoms with E-state index in [1.165, 1.54) is 0 Å². The van der Waals surface area contributed by atoms with Gasteiger partial charge >= 0.3 is 5.97 Å². The Morgan fingerprint density at radius 3 is 1.93 bits per heavy atom. The van der Waals surface area contributed by atoms with Crippen LogP contribution in [0.5, 0.6) is 0 Å². The number of hydrogen-bond acceptors (Lipinski definition) is 4. The standard InChI is InChI=1S/C18H9Cl4NO4/c19-12-10-11(13(20)15(22)14(12)21)17(25)23(16(10)24)27-18(26)9-6-8(9)7-4-2-1-3-5-7/h1-5,8-9H,6H2/t8-,9+/m1/s1. The van der Waals surface area contributed by atoms with Crippen LogP contribution >= 0.6 is 46.4 Å². The van der Waals surface area contributed by atoms with Crippen LogP contribution in [0.2, 0.25) is 20.1 Å². The normalized spacial score (nSPS) is 20.7. The van der Waals surface area contributed by atoms with Crippen LogP contribution < -0.4 is 0 Å². The van der Waals surface area contributed by atoms with Crippen LogP contribution in [0.15, 0.2) is 30.3 Å². The third-order valence-corrected chi connectivity index (χ3v) is 6.37. The maximum Gasteiger partial charge on any atom is 0.336 e. The number of carbonyl (C=O) groups is 3. The lowest BCUT2D eigenvalue weighted by Crippen LogP contribution is -2.33. The largest absolute Gasteiger partial charge is 0.336 e. The summed E-state index contributed by atoms with van der Waals surface area (Å²) >= 11 is 24.0. The van der Waals surface area contributed by atoms with E-state index >= 15 is 0 Å². The summed E-state index contributed by atoms with van der Waals surface area (Å²) in [5.74, 6) is -2.95. The lowest BCUT2D eigenvalue weighted by Gasteiger charge is -2.12. The molecule has 5 nitrogen and oxygen atoms in total. The van der Waals surface area contributed by atoms with Crippen LogP contribution in [0.25, 0.3) is 0 Å². The Hall–Kier alpha value is -1.79. The highest BCUT2D eigenvalue weighted by Crippen LogP contribution is 2.49. The summed E-state index contributed by atoms with van der Waals surface area (Å²) < 4.78 is 0. The number of carbonyl (C=O) groups excluding carboxylic acids is 3. The molecule has 2 atom stereocenters. The van der Waals surface area contributed by atoms with Crippen LogP contribution in [-0.4, -0.2) is 22.8 Å². The fraction of sp³-hybridized carbons (Fsp3) is 0.167. The van der Waals surface area contributed by atoms with Crippen LogP contribution in [0.3, 0.4) is 0 Å². The zero-order valence-corrected chi connectivity index (χ0v) is 16.4. The van der Waals surface area contributed by atoms with Gasteiger partial charge < -0.3 is 4.84 Å². The molecule has 2 amide bonds. The second-order valence-electron chi connectivity index (χ2n) is 6.18. The van der Waals surface area contributed by atoms with Crippen molar-refractivity contribution < 1.29 is 19.2 Å². The van der Waals surface area contributed by atoms with Crippen molar-refractivity contribution in [2.24, 2.45) is 5.92 Å². The Balaban J connectivity index is 1.57. The van der Waals surface area contributed by atoms with Gasteiger partial charge in [0.1, 0.15) is 0 Å². The highest BCUT2D eigenvalue weighted by Gasteiger charge is 2.49. The highest BCUT2D eigenvalue weighted by atomic mass is 35.5. The molecule has 0 radical (unpaired) electrons. The van der Waals surface area contributed by atoms with Gasteiger partial charge in [-0.25, -0.2) is 4.79 Å². The molecule has 0 bridgehead atoms. The minimum Gasteiger partial charge on any atom is -0.329 e. The second kappa shape index (κ2) is 6.67. The number of halogens is 4. The van der Waals surface area contributed by atoms with E-state index in [-0.39, 0.29) is 37.1 Å². The summed E-state index contributed by atoms with van der Waals surface area (Å²) in [4.78, 5) is 42.6. The fourth-order valence-corrected chi connectivity index (χ4v) is 4.11. The molecule has 0 unspecified atom stereocenters. The molecule has 1 heterocycles. The van der Waals surface area contributed by atoms with E-state index in [0.29, 0.717) is 11.5 Å². The van der Waals surface area contributed by atoms with Gasteiger partial charge in [0, 0.05) is 0 Å². The van der Waals surface area contributed by atoms with Crippen LogP contribution in [-0.2, 0) is 9.63 Å². The molecular formula is C18H9Cl4NO4. The van der Waals surface area contributed by atoms with Gasteiger partial charge in [0.05, 0.1) is 37.1 Å². The third kappa shape index (κ3) is 2.90. The molecule has 0 spiro atoms. The molecule has 138 valence electrons. The van der Waals surface area contributed by atoms with Crippen molar-refractivity contribution in [3.8, 4) is 0 Å². The van der Waals surface area contributed by atoms with Gasteiger partial charge in [-0.05, 0) is 17.9 Å². The van der Waals surface area contributed by atoms with Crippen molar-refractivity contribution in [2.45, 2.75) is 12.3 Å². The molecule has 0 N–H and O–H groups in total. The van der Waals surface area contributed by atoms with E-state index in [0.717, 1.165) is 5.56 Å². The average Bonchev–Trinajstić information content (AvgIpc) is 3.43. The quantitative estimate of drug-likeness (QED) is 0.372. The van der Waals surface area contributed by atoms with Gasteiger partial charge in [-0.3, -0.25) is 9.59 Å². The van der Waals surface area contributed by atoms with E-state index in [1.807, 2.05) is 30.3 Å². The van der Waals surface area contributed by atoms with Crippen molar-refractivity contribution in [3.63, 3.8) is 0 Å². The summed E-state index contributed by atoms with van der Waals surface area (Å²) in [7, 11) is 0. The molecule has 2 aliphatic rings. The minimum absolute atomic E-state index is 0.00931. The SMILES string of the molecule is O=C(ON1C(=O)c2c(Cl)c(Cl)c(Cl)c(Cl)c2C1=O)[C@H]1C[C@@H]1c1ccccc1. The number of hydroxylamine groups is 2.